The highest BCUT2D eigenvalue weighted by molar-refractivity contribution is 5.75. The molecule has 0 rings (SSSR count). The first-order valence-corrected chi connectivity index (χ1v) is 23.5. The van der Waals surface area contributed by atoms with Gasteiger partial charge < -0.3 is 19.7 Å². The smallest absolute Gasteiger partial charge is 0.345 e. The Labute approximate surface area is 350 Å². The Hall–Kier alpha value is -2.11. The van der Waals surface area contributed by atoms with Crippen LogP contribution in [0.5, 0.6) is 0 Å². The van der Waals surface area contributed by atoms with Gasteiger partial charge in [-0.1, -0.05) is 141 Å². The molecule has 57 heavy (non-hydrogen) atoms. The molecule has 0 saturated carbocycles. The van der Waals surface area contributed by atoms with Gasteiger partial charge in [-0.25, -0.2) is 4.79 Å². The number of aliphatic hydroxyl groups excluding tert-OH is 2. The molecule has 0 radical (unpaired) electrons. The molecule has 10 nitrogen and oxygen atoms in total. The molecular weight excluding hydrogens is 719 g/mol. The second-order valence-corrected chi connectivity index (χ2v) is 16.1. The summed E-state index contributed by atoms with van der Waals surface area (Å²) >= 11 is 0. The normalized spacial score (nSPS) is 12.0. The van der Waals surface area contributed by atoms with Gasteiger partial charge in [-0.2, -0.15) is 0 Å². The van der Waals surface area contributed by atoms with Crippen molar-refractivity contribution in [3.63, 3.8) is 0 Å². The van der Waals surface area contributed by atoms with Crippen LogP contribution in [0, 0.1) is 0 Å². The molecule has 0 spiro atoms. The Balaban J connectivity index is 4.26. The summed E-state index contributed by atoms with van der Waals surface area (Å²) in [6.45, 7) is 5.10. The van der Waals surface area contributed by atoms with Crippen LogP contribution in [0.15, 0.2) is 24.3 Å². The summed E-state index contributed by atoms with van der Waals surface area (Å²) in [7, 11) is 1.67. The van der Waals surface area contributed by atoms with Crippen LogP contribution in [0.2, 0.25) is 0 Å². The van der Waals surface area contributed by atoms with Crippen LogP contribution in [0.3, 0.4) is 0 Å². The van der Waals surface area contributed by atoms with Crippen molar-refractivity contribution in [2.45, 2.75) is 200 Å². The van der Waals surface area contributed by atoms with Crippen LogP contribution in [0.4, 0.5) is 0 Å². The van der Waals surface area contributed by atoms with Gasteiger partial charge in [-0.15, -0.1) is 0 Å². The highest BCUT2D eigenvalue weighted by atomic mass is 16.5. The molecule has 0 aliphatic heterocycles. The molecule has 0 aromatic carbocycles. The van der Waals surface area contributed by atoms with Gasteiger partial charge in [0.1, 0.15) is 26.3 Å². The molecule has 0 aromatic heterocycles. The lowest BCUT2D eigenvalue weighted by atomic mass is 10.1. The van der Waals surface area contributed by atoms with E-state index in [1.807, 2.05) is 0 Å². The van der Waals surface area contributed by atoms with Gasteiger partial charge in [-0.3, -0.25) is 24.7 Å². The zero-order chi connectivity index (χ0) is 41.9. The fraction of sp³-hybridized carbons (Fsp3) is 0.851. The lowest BCUT2D eigenvalue weighted by molar-refractivity contribution is -0.836. The average molecular weight is 809 g/mol. The topological polar surface area (TPSA) is 134 Å². The van der Waals surface area contributed by atoms with Crippen LogP contribution in [0.25, 0.3) is 0 Å². The molecule has 4 N–H and O–H groups in total. The van der Waals surface area contributed by atoms with Gasteiger partial charge in [-0.05, 0) is 64.2 Å². The molecule has 334 valence electrons. The van der Waals surface area contributed by atoms with E-state index in [0.29, 0.717) is 12.8 Å². The van der Waals surface area contributed by atoms with E-state index >= 15 is 0 Å². The monoisotopic (exact) mass is 809 g/mol. The lowest BCUT2D eigenvalue weighted by Crippen LogP contribution is -2.64. The maximum atomic E-state index is 13.5. The number of carbonyl (C=O) groups excluding carboxylic acids is 3. The van der Waals surface area contributed by atoms with Crippen molar-refractivity contribution in [3.05, 3.63) is 24.3 Å². The van der Waals surface area contributed by atoms with Gasteiger partial charge in [0, 0.05) is 25.9 Å². The van der Waals surface area contributed by atoms with Crippen molar-refractivity contribution >= 4 is 17.8 Å². The van der Waals surface area contributed by atoms with Crippen molar-refractivity contribution in [2.24, 2.45) is 0 Å². The van der Waals surface area contributed by atoms with E-state index in [1.54, 1.807) is 7.05 Å². The molecular formula is C47H90N3O7+. The van der Waals surface area contributed by atoms with Gasteiger partial charge >= 0.3 is 17.8 Å². The minimum atomic E-state index is -0.846. The average Bonchev–Trinajstić information content (AvgIpc) is 3.20. The van der Waals surface area contributed by atoms with Crippen molar-refractivity contribution in [2.75, 3.05) is 59.7 Å². The molecule has 0 aliphatic rings. The van der Waals surface area contributed by atoms with Crippen molar-refractivity contribution < 1.29 is 38.6 Å². The van der Waals surface area contributed by atoms with Crippen molar-refractivity contribution in [1.82, 2.24) is 10.6 Å². The van der Waals surface area contributed by atoms with E-state index in [1.165, 1.54) is 116 Å². The first kappa shape index (κ1) is 54.9. The molecule has 1 amide bonds. The van der Waals surface area contributed by atoms with Crippen LogP contribution in [-0.2, 0) is 23.9 Å². The van der Waals surface area contributed by atoms with E-state index in [4.69, 9.17) is 9.47 Å². The molecule has 0 fully saturated rings. The predicted molar refractivity (Wildman–Crippen MR) is 236 cm³/mol. The van der Waals surface area contributed by atoms with Crippen LogP contribution < -0.4 is 10.6 Å². The maximum Gasteiger partial charge on any atom is 0.345 e. The largest absolute Gasteiger partial charge is 0.464 e. The number of unbranched alkanes of at least 4 members (excludes halogenated alkanes) is 22. The summed E-state index contributed by atoms with van der Waals surface area (Å²) < 4.78 is 10.7. The summed E-state index contributed by atoms with van der Waals surface area (Å²) in [4.78, 5) is 38.2. The lowest BCUT2D eigenvalue weighted by Gasteiger charge is -2.34. The second-order valence-electron chi connectivity index (χ2n) is 16.1. The Bertz CT molecular complexity index is 924. The van der Waals surface area contributed by atoms with Gasteiger partial charge in [0.2, 0.25) is 0 Å². The molecule has 0 bridgehead atoms. The van der Waals surface area contributed by atoms with Gasteiger partial charge in [0.05, 0.1) is 20.3 Å². The standard InChI is InChI=1S/C47H90N3O7/c1-4-6-8-10-12-14-16-18-20-22-24-26-28-30-32-34-44(53)56-42-36-48-46(47(55)50(3,38-40-51)39-41-52)49-37-43-57-45(54)35-33-31-29-27-25-23-21-19-17-15-13-11-9-7-5-2/h18-21,46,48-49,51-52H,4-17,22-43H2,1-3H3/q+1/b20-18-,21-19-. The minimum Gasteiger partial charge on any atom is -0.464 e. The molecule has 0 heterocycles. The third kappa shape index (κ3) is 35.5. The van der Waals surface area contributed by atoms with Crippen LogP contribution in [0.1, 0.15) is 194 Å². The zero-order valence-electron chi connectivity index (χ0n) is 37.2. The predicted octanol–water partition coefficient (Wildman–Crippen LogP) is 9.61. The second kappa shape index (κ2) is 42.0. The van der Waals surface area contributed by atoms with Gasteiger partial charge in [0.15, 0.2) is 6.17 Å². The quantitative estimate of drug-likeness (QED) is 0.0156. The molecule has 0 aromatic rings. The Morgan fingerprint density at radius 3 is 1.16 bits per heavy atom. The minimum absolute atomic E-state index is 0.115. The molecule has 0 atom stereocenters. The van der Waals surface area contributed by atoms with E-state index in [0.717, 1.165) is 51.4 Å². The number of rotatable bonds is 43. The summed E-state index contributed by atoms with van der Waals surface area (Å²) in [5, 5.41) is 25.5. The van der Waals surface area contributed by atoms with Crippen LogP contribution in [-0.4, -0.2) is 98.4 Å². The number of allylic oxidation sites excluding steroid dienone is 4. The Morgan fingerprint density at radius 2 is 0.825 bits per heavy atom. The number of aliphatic hydroxyl groups is 2. The summed E-state index contributed by atoms with van der Waals surface area (Å²) in [6.07, 6.45) is 40.5. The van der Waals surface area contributed by atoms with E-state index in [9.17, 15) is 24.6 Å². The Morgan fingerprint density at radius 1 is 0.509 bits per heavy atom. The number of nitrogens with one attached hydrogen (secondary N) is 2. The highest BCUT2D eigenvalue weighted by Gasteiger charge is 2.37. The third-order valence-electron chi connectivity index (χ3n) is 10.7. The number of amides is 1. The van der Waals surface area contributed by atoms with E-state index in [-0.39, 0.29) is 74.9 Å². The molecule has 0 saturated heterocycles. The van der Waals surface area contributed by atoms with Crippen LogP contribution >= 0.6 is 0 Å². The molecule has 10 heteroatoms. The van der Waals surface area contributed by atoms with Gasteiger partial charge in [0.25, 0.3) is 0 Å². The van der Waals surface area contributed by atoms with E-state index in [2.05, 4.69) is 48.8 Å². The van der Waals surface area contributed by atoms with Crippen molar-refractivity contribution in [1.29, 1.82) is 0 Å². The third-order valence-corrected chi connectivity index (χ3v) is 10.7. The number of ether oxygens (including phenoxy) is 2. The first-order chi connectivity index (χ1) is 27.8. The summed E-state index contributed by atoms with van der Waals surface area (Å²) in [5.41, 5.74) is 0. The fourth-order valence-corrected chi connectivity index (χ4v) is 6.89. The maximum absolute atomic E-state index is 13.5. The summed E-state index contributed by atoms with van der Waals surface area (Å²) in [6, 6.07) is 0. The number of esters is 2. The fourth-order valence-electron chi connectivity index (χ4n) is 6.89. The zero-order valence-corrected chi connectivity index (χ0v) is 37.2. The molecule has 0 unspecified atom stereocenters. The SMILES string of the molecule is CCCCCCCC/C=C\CCCCCCCC(=O)OCCNC(NCCOC(=O)CCCCCCC/C=C\CCCCCCCC)C(=O)[N+](C)(CCO)CCO. The highest BCUT2D eigenvalue weighted by Crippen LogP contribution is 2.12. The summed E-state index contributed by atoms with van der Waals surface area (Å²) in [5.74, 6) is -0.758. The molecule has 0 aliphatic carbocycles. The number of hydrogen-bond acceptors (Lipinski definition) is 9. The Kier molecular flexibility index (Phi) is 40.5. The number of nitrogens with zero attached hydrogens (tertiary/aromatic N) is 1. The first-order valence-electron chi connectivity index (χ1n) is 23.5. The van der Waals surface area contributed by atoms with E-state index < -0.39 is 6.17 Å². The number of likely N-dealkylation sites (N-methyl/N-ethyl adjacent to an activating group) is 1. The number of hydrogen-bond donors (Lipinski definition) is 4. The number of carbonyl (C=O) groups is 3. The number of quaternary nitrogens is 1. The van der Waals surface area contributed by atoms with Crippen molar-refractivity contribution in [3.8, 4) is 0 Å².